The fourth-order valence-corrected chi connectivity index (χ4v) is 1.54. The maximum atomic E-state index is 4.38. The van der Waals surface area contributed by atoms with Crippen LogP contribution < -0.4 is 5.32 Å². The van der Waals surface area contributed by atoms with Crippen LogP contribution in [0, 0.1) is 6.92 Å². The predicted molar refractivity (Wildman–Crippen MR) is 64.2 cm³/mol. The lowest BCUT2D eigenvalue weighted by atomic mass is 10.3. The highest BCUT2D eigenvalue weighted by atomic mass is 15.3. The van der Waals surface area contributed by atoms with Gasteiger partial charge in [-0.1, -0.05) is 6.07 Å². The van der Waals surface area contributed by atoms with Gasteiger partial charge in [-0.25, -0.2) is 0 Å². The van der Waals surface area contributed by atoms with E-state index < -0.39 is 0 Å². The molecule has 4 nitrogen and oxygen atoms in total. The Morgan fingerprint density at radius 1 is 1.38 bits per heavy atom. The van der Waals surface area contributed by atoms with Gasteiger partial charge >= 0.3 is 0 Å². The lowest BCUT2D eigenvalue weighted by Gasteiger charge is -2.03. The van der Waals surface area contributed by atoms with Gasteiger partial charge in [0.05, 0.1) is 23.6 Å². The Bertz CT molecular complexity index is 447. The van der Waals surface area contributed by atoms with Crippen molar-refractivity contribution >= 4 is 5.69 Å². The first kappa shape index (κ1) is 10.7. The molecule has 0 bridgehead atoms. The summed E-state index contributed by atoms with van der Waals surface area (Å²) in [4.78, 5) is 4.26. The van der Waals surface area contributed by atoms with Gasteiger partial charge in [-0.2, -0.15) is 5.10 Å². The van der Waals surface area contributed by atoms with Gasteiger partial charge in [0.1, 0.15) is 0 Å². The molecule has 0 saturated heterocycles. The van der Waals surface area contributed by atoms with E-state index in [1.807, 2.05) is 36.0 Å². The number of nitrogens with one attached hydrogen (secondary N) is 1. The van der Waals surface area contributed by atoms with Crippen molar-refractivity contribution in [2.24, 2.45) is 0 Å². The Morgan fingerprint density at radius 2 is 2.25 bits per heavy atom. The third kappa shape index (κ3) is 2.39. The zero-order valence-corrected chi connectivity index (χ0v) is 9.64. The minimum Gasteiger partial charge on any atom is -0.377 e. The summed E-state index contributed by atoms with van der Waals surface area (Å²) in [7, 11) is 0. The van der Waals surface area contributed by atoms with Gasteiger partial charge in [0.15, 0.2) is 0 Å². The Kier molecular flexibility index (Phi) is 3.19. The summed E-state index contributed by atoms with van der Waals surface area (Å²) < 4.78 is 1.93. The molecule has 16 heavy (non-hydrogen) atoms. The number of hydrogen-bond acceptors (Lipinski definition) is 3. The van der Waals surface area contributed by atoms with E-state index in [1.54, 1.807) is 6.20 Å². The fourth-order valence-electron chi connectivity index (χ4n) is 1.54. The molecule has 2 heterocycles. The average molecular weight is 216 g/mol. The molecule has 0 spiro atoms. The smallest absolute Gasteiger partial charge is 0.0825 e. The lowest BCUT2D eigenvalue weighted by Crippen LogP contribution is -2.01. The molecule has 0 aromatic carbocycles. The predicted octanol–water partition coefficient (Wildman–Crippen LogP) is 2.22. The SMILES string of the molecule is CCn1cc(NCc2ccccn2)c(C)n1. The van der Waals surface area contributed by atoms with E-state index in [0.717, 1.165) is 30.2 Å². The summed E-state index contributed by atoms with van der Waals surface area (Å²) in [5, 5.41) is 7.71. The van der Waals surface area contributed by atoms with Gasteiger partial charge in [-0.3, -0.25) is 9.67 Å². The zero-order valence-electron chi connectivity index (χ0n) is 9.64. The molecular formula is C12H16N4. The first-order chi connectivity index (χ1) is 7.79. The first-order valence-corrected chi connectivity index (χ1v) is 5.47. The quantitative estimate of drug-likeness (QED) is 0.852. The molecule has 0 aliphatic heterocycles. The molecule has 4 heteroatoms. The monoisotopic (exact) mass is 216 g/mol. The first-order valence-electron chi connectivity index (χ1n) is 5.47. The van der Waals surface area contributed by atoms with Crippen LogP contribution in [0.3, 0.4) is 0 Å². The molecule has 1 N–H and O–H groups in total. The third-order valence-corrected chi connectivity index (χ3v) is 2.46. The van der Waals surface area contributed by atoms with Crippen molar-refractivity contribution in [3.8, 4) is 0 Å². The number of pyridine rings is 1. The van der Waals surface area contributed by atoms with Crippen LogP contribution in [0.1, 0.15) is 18.3 Å². The lowest BCUT2D eigenvalue weighted by molar-refractivity contribution is 0.653. The number of nitrogens with zero attached hydrogens (tertiary/aromatic N) is 3. The van der Waals surface area contributed by atoms with Crippen molar-refractivity contribution in [1.82, 2.24) is 14.8 Å². The number of aryl methyl sites for hydroxylation is 2. The standard InChI is InChI=1S/C12H16N4/c1-3-16-9-12(10(2)15-16)14-8-11-6-4-5-7-13-11/h4-7,9,14H,3,8H2,1-2H3. The Balaban J connectivity index is 2.02. The molecule has 2 rings (SSSR count). The van der Waals surface area contributed by atoms with Crippen LogP contribution in [-0.2, 0) is 13.1 Å². The Morgan fingerprint density at radius 3 is 2.88 bits per heavy atom. The molecule has 0 amide bonds. The number of rotatable bonds is 4. The summed E-state index contributed by atoms with van der Waals surface area (Å²) in [6, 6.07) is 5.92. The molecule has 2 aromatic heterocycles. The van der Waals surface area contributed by atoms with Crippen LogP contribution in [0.5, 0.6) is 0 Å². The number of aromatic nitrogens is 3. The van der Waals surface area contributed by atoms with E-state index in [-0.39, 0.29) is 0 Å². The topological polar surface area (TPSA) is 42.7 Å². The molecular weight excluding hydrogens is 200 g/mol. The van der Waals surface area contributed by atoms with Crippen molar-refractivity contribution in [3.63, 3.8) is 0 Å². The van der Waals surface area contributed by atoms with E-state index >= 15 is 0 Å². The van der Waals surface area contributed by atoms with Gasteiger partial charge < -0.3 is 5.32 Å². The number of hydrogen-bond donors (Lipinski definition) is 1. The third-order valence-electron chi connectivity index (χ3n) is 2.46. The summed E-state index contributed by atoms with van der Waals surface area (Å²) in [6.45, 7) is 5.71. The van der Waals surface area contributed by atoms with Gasteiger partial charge in [-0.05, 0) is 26.0 Å². The molecule has 2 aromatic rings. The molecule has 0 fully saturated rings. The fraction of sp³-hybridized carbons (Fsp3) is 0.333. The van der Waals surface area contributed by atoms with Crippen LogP contribution in [0.25, 0.3) is 0 Å². The van der Waals surface area contributed by atoms with Crippen LogP contribution in [0.15, 0.2) is 30.6 Å². The summed E-state index contributed by atoms with van der Waals surface area (Å²) >= 11 is 0. The van der Waals surface area contributed by atoms with Crippen LogP contribution in [-0.4, -0.2) is 14.8 Å². The van der Waals surface area contributed by atoms with Crippen LogP contribution in [0.4, 0.5) is 5.69 Å². The molecule has 0 radical (unpaired) electrons. The van der Waals surface area contributed by atoms with E-state index in [9.17, 15) is 0 Å². The second kappa shape index (κ2) is 4.79. The van der Waals surface area contributed by atoms with Crippen molar-refractivity contribution < 1.29 is 0 Å². The normalized spacial score (nSPS) is 10.4. The van der Waals surface area contributed by atoms with Crippen molar-refractivity contribution in [2.75, 3.05) is 5.32 Å². The highest BCUT2D eigenvalue weighted by molar-refractivity contribution is 5.45. The Hall–Kier alpha value is -1.84. The molecule has 0 aliphatic carbocycles. The zero-order chi connectivity index (χ0) is 11.4. The van der Waals surface area contributed by atoms with E-state index in [0.29, 0.717) is 0 Å². The van der Waals surface area contributed by atoms with Crippen molar-refractivity contribution in [3.05, 3.63) is 42.0 Å². The molecule has 0 unspecified atom stereocenters. The van der Waals surface area contributed by atoms with Crippen molar-refractivity contribution in [1.29, 1.82) is 0 Å². The van der Waals surface area contributed by atoms with Gasteiger partial charge in [0.25, 0.3) is 0 Å². The highest BCUT2D eigenvalue weighted by Crippen LogP contribution is 2.13. The molecule has 0 saturated carbocycles. The van der Waals surface area contributed by atoms with Crippen LogP contribution >= 0.6 is 0 Å². The van der Waals surface area contributed by atoms with Crippen LogP contribution in [0.2, 0.25) is 0 Å². The minimum atomic E-state index is 0.733. The molecule has 84 valence electrons. The van der Waals surface area contributed by atoms with E-state index in [4.69, 9.17) is 0 Å². The van der Waals surface area contributed by atoms with E-state index in [2.05, 4.69) is 22.3 Å². The van der Waals surface area contributed by atoms with Gasteiger partial charge in [0, 0.05) is 18.9 Å². The molecule has 0 aliphatic rings. The van der Waals surface area contributed by atoms with Crippen molar-refractivity contribution in [2.45, 2.75) is 26.9 Å². The summed E-state index contributed by atoms with van der Waals surface area (Å²) in [5.74, 6) is 0. The number of anilines is 1. The summed E-state index contributed by atoms with van der Waals surface area (Å²) in [5.41, 5.74) is 3.14. The van der Waals surface area contributed by atoms with Gasteiger partial charge in [-0.15, -0.1) is 0 Å². The maximum Gasteiger partial charge on any atom is 0.0825 e. The largest absolute Gasteiger partial charge is 0.377 e. The Labute approximate surface area is 95.3 Å². The highest BCUT2D eigenvalue weighted by Gasteiger charge is 2.03. The molecule has 0 atom stereocenters. The maximum absolute atomic E-state index is 4.38. The van der Waals surface area contributed by atoms with Gasteiger partial charge in [0.2, 0.25) is 0 Å². The summed E-state index contributed by atoms with van der Waals surface area (Å²) in [6.07, 6.45) is 3.83. The minimum absolute atomic E-state index is 0.733. The second-order valence-electron chi connectivity index (χ2n) is 3.66. The van der Waals surface area contributed by atoms with E-state index in [1.165, 1.54) is 0 Å². The average Bonchev–Trinajstić information content (AvgIpc) is 2.69. The second-order valence-corrected chi connectivity index (χ2v) is 3.66.